The van der Waals surface area contributed by atoms with Crippen molar-refractivity contribution >= 4 is 5.82 Å². The maximum Gasteiger partial charge on any atom is 0.148 e. The Bertz CT molecular complexity index is 801. The molecule has 6 heteroatoms. The SMILES string of the molecule is Cc1cnn(C)c1-c1ccc(NCCC2CC3CN(CCC(C)(C)C)CC3C2)nn1. The fraction of sp³-hybridized carbons (Fsp3) is 0.708. The third kappa shape index (κ3) is 5.02. The van der Waals surface area contributed by atoms with E-state index in [2.05, 4.69) is 53.2 Å². The lowest BCUT2D eigenvalue weighted by molar-refractivity contribution is 0.244. The third-order valence-corrected chi connectivity index (χ3v) is 6.99. The normalized spacial score (nSPS) is 24.4. The second-order valence-electron chi connectivity index (χ2n) is 10.7. The number of hydrogen-bond donors (Lipinski definition) is 1. The molecule has 30 heavy (non-hydrogen) atoms. The minimum atomic E-state index is 0.448. The highest BCUT2D eigenvalue weighted by Crippen LogP contribution is 2.43. The molecule has 1 saturated heterocycles. The van der Waals surface area contributed by atoms with Crippen molar-refractivity contribution in [2.24, 2.45) is 30.2 Å². The van der Waals surface area contributed by atoms with Crippen LogP contribution in [0.15, 0.2) is 18.3 Å². The van der Waals surface area contributed by atoms with Crippen molar-refractivity contribution in [1.82, 2.24) is 24.9 Å². The second-order valence-corrected chi connectivity index (χ2v) is 10.7. The Morgan fingerprint density at radius 2 is 1.83 bits per heavy atom. The number of nitrogens with zero attached hydrogens (tertiary/aromatic N) is 5. The Morgan fingerprint density at radius 1 is 1.10 bits per heavy atom. The van der Waals surface area contributed by atoms with E-state index in [1.807, 2.05) is 30.1 Å². The predicted molar refractivity (Wildman–Crippen MR) is 122 cm³/mol. The van der Waals surface area contributed by atoms with Gasteiger partial charge in [0, 0.05) is 26.7 Å². The molecule has 6 nitrogen and oxygen atoms in total. The van der Waals surface area contributed by atoms with Crippen LogP contribution in [-0.4, -0.2) is 51.1 Å². The highest BCUT2D eigenvalue weighted by molar-refractivity contribution is 5.59. The summed E-state index contributed by atoms with van der Waals surface area (Å²) in [6.45, 7) is 14.0. The maximum atomic E-state index is 4.40. The zero-order chi connectivity index (χ0) is 21.3. The van der Waals surface area contributed by atoms with Crippen molar-refractivity contribution in [3.8, 4) is 11.4 Å². The van der Waals surface area contributed by atoms with Crippen LogP contribution >= 0.6 is 0 Å². The zero-order valence-electron chi connectivity index (χ0n) is 19.4. The molecule has 3 heterocycles. The summed E-state index contributed by atoms with van der Waals surface area (Å²) in [6, 6.07) is 4.07. The van der Waals surface area contributed by atoms with Crippen LogP contribution in [0.5, 0.6) is 0 Å². The summed E-state index contributed by atoms with van der Waals surface area (Å²) in [5, 5.41) is 16.5. The molecule has 1 saturated carbocycles. The second kappa shape index (κ2) is 8.66. The van der Waals surface area contributed by atoms with Crippen LogP contribution < -0.4 is 5.32 Å². The van der Waals surface area contributed by atoms with E-state index in [4.69, 9.17) is 0 Å². The number of fused-ring (bicyclic) bond motifs is 1. The lowest BCUT2D eigenvalue weighted by Gasteiger charge is -2.24. The Hall–Kier alpha value is -1.95. The number of aromatic nitrogens is 4. The molecule has 1 N–H and O–H groups in total. The number of hydrogen-bond acceptors (Lipinski definition) is 5. The molecule has 4 rings (SSSR count). The summed E-state index contributed by atoms with van der Waals surface area (Å²) < 4.78 is 1.85. The van der Waals surface area contributed by atoms with Gasteiger partial charge in [-0.1, -0.05) is 20.8 Å². The summed E-state index contributed by atoms with van der Waals surface area (Å²) in [7, 11) is 1.94. The smallest absolute Gasteiger partial charge is 0.148 e. The number of nitrogens with one attached hydrogen (secondary N) is 1. The van der Waals surface area contributed by atoms with Crippen LogP contribution in [0.3, 0.4) is 0 Å². The molecule has 0 aromatic carbocycles. The van der Waals surface area contributed by atoms with Gasteiger partial charge in [0.15, 0.2) is 0 Å². The summed E-state index contributed by atoms with van der Waals surface area (Å²) in [5.41, 5.74) is 3.47. The van der Waals surface area contributed by atoms with Crippen LogP contribution in [0, 0.1) is 30.1 Å². The third-order valence-electron chi connectivity index (χ3n) is 6.99. The van der Waals surface area contributed by atoms with Gasteiger partial charge in [-0.05, 0) is 80.0 Å². The van der Waals surface area contributed by atoms with Crippen LogP contribution in [-0.2, 0) is 7.05 Å². The van der Waals surface area contributed by atoms with E-state index < -0.39 is 0 Å². The molecular formula is C24H38N6. The first kappa shape index (κ1) is 21.3. The number of likely N-dealkylation sites (tertiary alicyclic amines) is 1. The Balaban J connectivity index is 1.19. The summed E-state index contributed by atoms with van der Waals surface area (Å²) in [4.78, 5) is 2.72. The van der Waals surface area contributed by atoms with Crippen LogP contribution in [0.25, 0.3) is 11.4 Å². The molecule has 0 amide bonds. The van der Waals surface area contributed by atoms with Crippen molar-refractivity contribution in [3.05, 3.63) is 23.9 Å². The summed E-state index contributed by atoms with van der Waals surface area (Å²) in [6.07, 6.45) is 7.22. The first-order chi connectivity index (χ1) is 14.3. The number of aryl methyl sites for hydroxylation is 2. The maximum absolute atomic E-state index is 4.40. The van der Waals surface area contributed by atoms with Crippen LogP contribution in [0.4, 0.5) is 5.82 Å². The fourth-order valence-electron chi connectivity index (χ4n) is 5.31. The van der Waals surface area contributed by atoms with Crippen molar-refractivity contribution in [1.29, 1.82) is 0 Å². The van der Waals surface area contributed by atoms with Gasteiger partial charge < -0.3 is 10.2 Å². The van der Waals surface area contributed by atoms with E-state index >= 15 is 0 Å². The molecule has 2 atom stereocenters. The highest BCUT2D eigenvalue weighted by atomic mass is 15.3. The van der Waals surface area contributed by atoms with Crippen molar-refractivity contribution in [3.63, 3.8) is 0 Å². The topological polar surface area (TPSA) is 58.9 Å². The lowest BCUT2D eigenvalue weighted by Crippen LogP contribution is -2.26. The van der Waals surface area contributed by atoms with Crippen molar-refractivity contribution in [2.75, 3.05) is 31.5 Å². The quantitative estimate of drug-likeness (QED) is 0.734. The van der Waals surface area contributed by atoms with Crippen LogP contribution in [0.2, 0.25) is 0 Å². The average molecular weight is 411 g/mol. The van der Waals surface area contributed by atoms with Gasteiger partial charge in [0.25, 0.3) is 0 Å². The molecule has 164 valence electrons. The number of rotatable bonds is 7. The van der Waals surface area contributed by atoms with Crippen molar-refractivity contribution in [2.45, 2.75) is 53.4 Å². The van der Waals surface area contributed by atoms with Gasteiger partial charge >= 0.3 is 0 Å². The average Bonchev–Trinajstić information content (AvgIpc) is 3.33. The van der Waals surface area contributed by atoms with Gasteiger partial charge in [-0.3, -0.25) is 4.68 Å². The highest BCUT2D eigenvalue weighted by Gasteiger charge is 2.40. The fourth-order valence-corrected chi connectivity index (χ4v) is 5.31. The van der Waals surface area contributed by atoms with E-state index in [0.29, 0.717) is 5.41 Å². The van der Waals surface area contributed by atoms with Gasteiger partial charge in [0.2, 0.25) is 0 Å². The van der Waals surface area contributed by atoms with Gasteiger partial charge in [-0.2, -0.15) is 5.10 Å². The van der Waals surface area contributed by atoms with E-state index in [1.54, 1.807) is 0 Å². The first-order valence-corrected chi connectivity index (χ1v) is 11.6. The molecule has 2 unspecified atom stereocenters. The first-order valence-electron chi connectivity index (χ1n) is 11.6. The molecule has 2 aliphatic rings. The molecule has 1 aliphatic carbocycles. The lowest BCUT2D eigenvalue weighted by atomic mass is 9.92. The van der Waals surface area contributed by atoms with Crippen LogP contribution in [0.1, 0.15) is 52.0 Å². The van der Waals surface area contributed by atoms with E-state index in [1.165, 1.54) is 45.3 Å². The largest absolute Gasteiger partial charge is 0.369 e. The molecular weight excluding hydrogens is 372 g/mol. The van der Waals surface area contributed by atoms with Crippen molar-refractivity contribution < 1.29 is 0 Å². The molecule has 2 fully saturated rings. The Labute approximate surface area is 181 Å². The predicted octanol–water partition coefficient (Wildman–Crippen LogP) is 4.38. The monoisotopic (exact) mass is 410 g/mol. The van der Waals surface area contributed by atoms with E-state index in [-0.39, 0.29) is 0 Å². The minimum Gasteiger partial charge on any atom is -0.369 e. The molecule has 2 aromatic heterocycles. The minimum absolute atomic E-state index is 0.448. The van der Waals surface area contributed by atoms with Gasteiger partial charge in [-0.15, -0.1) is 10.2 Å². The summed E-state index contributed by atoms with van der Waals surface area (Å²) in [5.74, 6) is 3.58. The molecule has 2 aromatic rings. The van der Waals surface area contributed by atoms with Gasteiger partial charge in [0.1, 0.15) is 11.5 Å². The Morgan fingerprint density at radius 3 is 2.40 bits per heavy atom. The number of anilines is 1. The molecule has 0 spiro atoms. The zero-order valence-corrected chi connectivity index (χ0v) is 19.4. The molecule has 0 radical (unpaired) electrons. The van der Waals surface area contributed by atoms with E-state index in [0.717, 1.165) is 47.1 Å². The Kier molecular flexibility index (Phi) is 6.14. The van der Waals surface area contributed by atoms with Gasteiger partial charge in [0.05, 0.1) is 11.9 Å². The summed E-state index contributed by atoms with van der Waals surface area (Å²) >= 11 is 0. The molecule has 0 bridgehead atoms. The van der Waals surface area contributed by atoms with E-state index in [9.17, 15) is 0 Å². The molecule has 1 aliphatic heterocycles. The standard InChI is InChI=1S/C24H38N6/c1-17-14-26-29(5)23(17)21-6-7-22(28-27-21)25-10-8-18-12-19-15-30(16-20(19)13-18)11-9-24(2,3)4/h6-7,14,18-20H,8-13,15-16H2,1-5H3,(H,25,28). The van der Waals surface area contributed by atoms with Gasteiger partial charge in [-0.25, -0.2) is 0 Å².